The molecule has 1 aromatic heterocycles. The minimum Gasteiger partial charge on any atom is -0.480 e. The van der Waals surface area contributed by atoms with Gasteiger partial charge in [-0.15, -0.1) is 11.8 Å². The topological polar surface area (TPSA) is 140 Å². The number of hydrogen-bond donors (Lipinski definition) is 2. The van der Waals surface area contributed by atoms with Crippen LogP contribution in [-0.4, -0.2) is 57.3 Å². The fourth-order valence-electron chi connectivity index (χ4n) is 2.52. The van der Waals surface area contributed by atoms with Crippen LogP contribution in [0.4, 0.5) is 0 Å². The van der Waals surface area contributed by atoms with E-state index in [2.05, 4.69) is 10.4 Å². The lowest BCUT2D eigenvalue weighted by molar-refractivity contribution is -0.141. The normalized spacial score (nSPS) is 13.6. The summed E-state index contributed by atoms with van der Waals surface area (Å²) in [5.74, 6) is -1.87. The highest BCUT2D eigenvalue weighted by molar-refractivity contribution is 8.00. The second kappa shape index (κ2) is 9.74. The number of carboxylic acids is 1. The van der Waals surface area contributed by atoms with E-state index in [9.17, 15) is 27.9 Å². The van der Waals surface area contributed by atoms with Crippen molar-refractivity contribution in [3.63, 3.8) is 0 Å². The number of amides is 1. The fraction of sp³-hybridized carbons (Fsp3) is 0.412. The van der Waals surface area contributed by atoms with Crippen LogP contribution in [0.25, 0.3) is 0 Å². The Kier molecular flexibility index (Phi) is 7.62. The van der Waals surface area contributed by atoms with Crippen molar-refractivity contribution in [3.8, 4) is 0 Å². The first-order valence-corrected chi connectivity index (χ1v) is 11.3. The van der Waals surface area contributed by atoms with Crippen molar-refractivity contribution in [2.45, 2.75) is 29.7 Å². The lowest BCUT2D eigenvalue weighted by Crippen LogP contribution is -2.40. The lowest BCUT2D eigenvalue weighted by atomic mass is 10.2. The number of carboxylic acid groups (broad SMARTS) is 1. The highest BCUT2D eigenvalue weighted by atomic mass is 32.2. The number of benzene rings is 1. The van der Waals surface area contributed by atoms with E-state index in [0.717, 1.165) is 16.4 Å². The molecule has 0 radical (unpaired) electrons. The molecule has 1 amide bonds. The third kappa shape index (κ3) is 6.19. The minimum absolute atomic E-state index is 0.0586. The summed E-state index contributed by atoms with van der Waals surface area (Å²) in [6, 6.07) is 6.74. The van der Waals surface area contributed by atoms with Crippen LogP contribution < -0.4 is 11.0 Å². The van der Waals surface area contributed by atoms with E-state index in [-0.39, 0.29) is 17.1 Å². The van der Waals surface area contributed by atoms with Gasteiger partial charge in [-0.3, -0.25) is 9.36 Å². The van der Waals surface area contributed by atoms with Crippen LogP contribution in [-0.2, 0) is 26.5 Å². The zero-order valence-corrected chi connectivity index (χ0v) is 17.5. The molecule has 2 aromatic rings. The second-order valence-corrected chi connectivity index (χ2v) is 9.59. The third-order valence-corrected chi connectivity index (χ3v) is 7.15. The minimum atomic E-state index is -3.72. The van der Waals surface area contributed by atoms with Crippen molar-refractivity contribution < 1.29 is 23.1 Å². The van der Waals surface area contributed by atoms with E-state index < -0.39 is 44.6 Å². The van der Waals surface area contributed by atoms with E-state index in [4.69, 9.17) is 0 Å². The largest absolute Gasteiger partial charge is 0.480 e. The predicted octanol–water partition coefficient (Wildman–Crippen LogP) is 0.267. The van der Waals surface area contributed by atoms with E-state index in [1.54, 1.807) is 18.2 Å². The fourth-order valence-corrected chi connectivity index (χ4v) is 5.65. The molecule has 2 atom stereocenters. The van der Waals surface area contributed by atoms with Gasteiger partial charge in [-0.2, -0.15) is 9.78 Å². The van der Waals surface area contributed by atoms with Crippen LogP contribution in [0.2, 0.25) is 0 Å². The van der Waals surface area contributed by atoms with E-state index in [1.165, 1.54) is 37.0 Å². The number of sulfone groups is 1. The molecule has 1 aromatic carbocycles. The van der Waals surface area contributed by atoms with Gasteiger partial charge in [0.15, 0.2) is 9.84 Å². The Bertz CT molecular complexity index is 1020. The Morgan fingerprint density at radius 1 is 1.28 bits per heavy atom. The first kappa shape index (κ1) is 22.7. The third-order valence-electron chi connectivity index (χ3n) is 3.98. The zero-order chi connectivity index (χ0) is 21.6. The van der Waals surface area contributed by atoms with Gasteiger partial charge in [0.05, 0.1) is 10.6 Å². The average Bonchev–Trinajstić information content (AvgIpc) is 2.99. The second-order valence-electron chi connectivity index (χ2n) is 6.27. The Balaban J connectivity index is 2.20. The number of carbonyl (C=O) groups is 2. The summed E-state index contributed by atoms with van der Waals surface area (Å²) in [7, 11) is -2.22. The lowest BCUT2D eigenvalue weighted by Gasteiger charge is -2.18. The average molecular weight is 443 g/mol. The number of aryl methyl sites for hydroxylation is 1. The summed E-state index contributed by atoms with van der Waals surface area (Å²) in [4.78, 5) is 34.8. The summed E-state index contributed by atoms with van der Waals surface area (Å²) in [5.41, 5.74) is -0.484. The number of nitrogens with zero attached hydrogens (tertiary/aromatic N) is 3. The summed E-state index contributed by atoms with van der Waals surface area (Å²) in [6.07, 6.45) is 1.34. The SMILES string of the molecule is CC(=O)NC(CCSC(CS(=O)(=O)c1ccccc1)n1ncn(C)c1=O)C(=O)O. The van der Waals surface area contributed by atoms with Gasteiger partial charge in [0.25, 0.3) is 0 Å². The number of hydrogen-bond acceptors (Lipinski definition) is 7. The summed E-state index contributed by atoms with van der Waals surface area (Å²) < 4.78 is 27.8. The molecule has 0 bridgehead atoms. The molecule has 12 heteroatoms. The maximum atomic E-state index is 12.8. The van der Waals surface area contributed by atoms with E-state index in [0.29, 0.717) is 0 Å². The highest BCUT2D eigenvalue weighted by Crippen LogP contribution is 2.26. The van der Waals surface area contributed by atoms with Crippen LogP contribution >= 0.6 is 11.8 Å². The van der Waals surface area contributed by atoms with Crippen molar-refractivity contribution in [3.05, 3.63) is 47.1 Å². The van der Waals surface area contributed by atoms with Gasteiger partial charge in [0, 0.05) is 14.0 Å². The molecule has 0 saturated heterocycles. The Morgan fingerprint density at radius 2 is 1.93 bits per heavy atom. The number of aliphatic carboxylic acids is 1. The molecule has 0 aliphatic carbocycles. The molecule has 158 valence electrons. The van der Waals surface area contributed by atoms with Crippen LogP contribution in [0.5, 0.6) is 0 Å². The molecule has 0 aliphatic heterocycles. The highest BCUT2D eigenvalue weighted by Gasteiger charge is 2.26. The standard InChI is InChI=1S/C17H22N4O6S2/c1-12(22)19-14(16(23)24)8-9-28-15(21-17(25)20(2)11-18-21)10-29(26,27)13-6-4-3-5-7-13/h3-7,11,14-15H,8-10H2,1-2H3,(H,19,22)(H,23,24). The Morgan fingerprint density at radius 3 is 2.45 bits per heavy atom. The maximum absolute atomic E-state index is 12.8. The number of thioether (sulfide) groups is 1. The molecular formula is C17H22N4O6S2. The van der Waals surface area contributed by atoms with Crippen LogP contribution in [0.1, 0.15) is 18.7 Å². The van der Waals surface area contributed by atoms with Crippen molar-refractivity contribution >= 4 is 33.5 Å². The molecule has 1 heterocycles. The molecule has 2 rings (SSSR count). The molecule has 2 N–H and O–H groups in total. The molecular weight excluding hydrogens is 420 g/mol. The summed E-state index contributed by atoms with van der Waals surface area (Å²) in [6.45, 7) is 1.21. The monoisotopic (exact) mass is 442 g/mol. The summed E-state index contributed by atoms with van der Waals surface area (Å²) >= 11 is 1.09. The smallest absolute Gasteiger partial charge is 0.346 e. The molecule has 29 heavy (non-hydrogen) atoms. The van der Waals surface area contributed by atoms with Gasteiger partial charge in [-0.1, -0.05) is 18.2 Å². The molecule has 0 spiro atoms. The number of rotatable bonds is 10. The van der Waals surface area contributed by atoms with Crippen molar-refractivity contribution in [2.75, 3.05) is 11.5 Å². The van der Waals surface area contributed by atoms with Crippen LogP contribution in [0.15, 0.2) is 46.3 Å². The van der Waals surface area contributed by atoms with Crippen molar-refractivity contribution in [2.24, 2.45) is 7.05 Å². The van der Waals surface area contributed by atoms with Gasteiger partial charge >= 0.3 is 11.7 Å². The number of aromatic nitrogens is 3. The van der Waals surface area contributed by atoms with Crippen molar-refractivity contribution in [1.82, 2.24) is 19.7 Å². The predicted molar refractivity (Wildman–Crippen MR) is 107 cm³/mol. The van der Waals surface area contributed by atoms with Gasteiger partial charge in [0.2, 0.25) is 5.91 Å². The Hall–Kier alpha value is -2.60. The van der Waals surface area contributed by atoms with Gasteiger partial charge in [-0.05, 0) is 24.3 Å². The van der Waals surface area contributed by atoms with Crippen LogP contribution in [0.3, 0.4) is 0 Å². The molecule has 2 unspecified atom stereocenters. The maximum Gasteiger partial charge on any atom is 0.346 e. The first-order chi connectivity index (χ1) is 13.6. The van der Waals surface area contributed by atoms with Gasteiger partial charge in [-0.25, -0.2) is 18.0 Å². The first-order valence-electron chi connectivity index (χ1n) is 8.61. The van der Waals surface area contributed by atoms with E-state index >= 15 is 0 Å². The Labute approximate surface area is 171 Å². The molecule has 0 aliphatic rings. The molecule has 0 fully saturated rings. The number of carbonyl (C=O) groups excluding carboxylic acids is 1. The summed E-state index contributed by atoms with van der Waals surface area (Å²) in [5, 5.41) is 14.6. The van der Waals surface area contributed by atoms with E-state index in [1.807, 2.05) is 0 Å². The number of nitrogens with one attached hydrogen (secondary N) is 1. The van der Waals surface area contributed by atoms with Gasteiger partial charge < -0.3 is 10.4 Å². The van der Waals surface area contributed by atoms with Crippen LogP contribution in [0, 0.1) is 0 Å². The quantitative estimate of drug-likeness (QED) is 0.534. The zero-order valence-electron chi connectivity index (χ0n) is 15.9. The van der Waals surface area contributed by atoms with Crippen molar-refractivity contribution in [1.29, 1.82) is 0 Å². The van der Waals surface area contributed by atoms with Gasteiger partial charge in [0.1, 0.15) is 17.7 Å². The molecule has 10 nitrogen and oxygen atoms in total. The molecule has 0 saturated carbocycles.